The summed E-state index contributed by atoms with van der Waals surface area (Å²) in [6.07, 6.45) is 9.66. The highest BCUT2D eigenvalue weighted by Gasteiger charge is 2.57. The minimum Gasteiger partial charge on any atom is -0.103 e. The average molecular weight is 190 g/mol. The zero-order valence-electron chi connectivity index (χ0n) is 9.55. The summed E-state index contributed by atoms with van der Waals surface area (Å²) in [5.41, 5.74) is 1.19. The van der Waals surface area contributed by atoms with E-state index in [1.807, 2.05) is 0 Å². The van der Waals surface area contributed by atoms with E-state index in [9.17, 15) is 0 Å². The third-order valence-electron chi connectivity index (χ3n) is 5.77. The molecule has 14 heavy (non-hydrogen) atoms. The standard InChI is InChI=1S/C14H22/c1-4-14-7-10-5-11(8-14)13(2,3)12(6-10)9-14/h4,10-12H,1,5-9H2,2-3H3. The molecule has 0 spiro atoms. The fourth-order valence-corrected chi connectivity index (χ4v) is 4.76. The first kappa shape index (κ1) is 9.00. The van der Waals surface area contributed by atoms with Gasteiger partial charge in [0.15, 0.2) is 0 Å². The van der Waals surface area contributed by atoms with Crippen LogP contribution in [0, 0.1) is 28.6 Å². The molecule has 0 N–H and O–H groups in total. The van der Waals surface area contributed by atoms with Gasteiger partial charge in [0.05, 0.1) is 0 Å². The summed E-state index contributed by atoms with van der Waals surface area (Å²) in [5.74, 6) is 3.03. The molecule has 0 amide bonds. The maximum absolute atomic E-state index is 4.10. The SMILES string of the molecule is C=CC12CC3CC(C1)C(C)(C)C(C3)C2. The summed E-state index contributed by atoms with van der Waals surface area (Å²) in [6.45, 7) is 9.12. The highest BCUT2D eigenvalue weighted by molar-refractivity contribution is 5.13. The van der Waals surface area contributed by atoms with Crippen molar-refractivity contribution in [2.45, 2.75) is 46.0 Å². The second kappa shape index (κ2) is 2.46. The molecule has 0 radical (unpaired) electrons. The largest absolute Gasteiger partial charge is 0.103 e. The van der Waals surface area contributed by atoms with Gasteiger partial charge in [-0.1, -0.05) is 19.9 Å². The lowest BCUT2D eigenvalue weighted by Crippen LogP contribution is -2.54. The van der Waals surface area contributed by atoms with Gasteiger partial charge in [0, 0.05) is 0 Å². The van der Waals surface area contributed by atoms with Crippen LogP contribution in [0.1, 0.15) is 46.0 Å². The van der Waals surface area contributed by atoms with Crippen LogP contribution in [0.5, 0.6) is 0 Å². The van der Waals surface area contributed by atoms with Gasteiger partial charge in [-0.3, -0.25) is 0 Å². The molecule has 4 aliphatic rings. The van der Waals surface area contributed by atoms with E-state index in [0.29, 0.717) is 10.8 Å². The fourth-order valence-electron chi connectivity index (χ4n) is 4.76. The van der Waals surface area contributed by atoms with Gasteiger partial charge in [-0.05, 0) is 60.7 Å². The van der Waals surface area contributed by atoms with Crippen LogP contribution in [0.2, 0.25) is 0 Å². The van der Waals surface area contributed by atoms with Gasteiger partial charge in [-0.25, -0.2) is 0 Å². The lowest BCUT2D eigenvalue weighted by atomic mass is 9.42. The van der Waals surface area contributed by atoms with E-state index in [1.54, 1.807) is 0 Å². The molecule has 2 atom stereocenters. The van der Waals surface area contributed by atoms with E-state index in [2.05, 4.69) is 26.5 Å². The van der Waals surface area contributed by atoms with Crippen LogP contribution in [0.4, 0.5) is 0 Å². The topological polar surface area (TPSA) is 0 Å². The average Bonchev–Trinajstić information content (AvgIpc) is 2.14. The van der Waals surface area contributed by atoms with Gasteiger partial charge in [0.1, 0.15) is 0 Å². The summed E-state index contributed by atoms with van der Waals surface area (Å²) in [6, 6.07) is 0. The predicted molar refractivity (Wildman–Crippen MR) is 60.0 cm³/mol. The number of rotatable bonds is 1. The molecular weight excluding hydrogens is 168 g/mol. The van der Waals surface area contributed by atoms with Gasteiger partial charge in [0.25, 0.3) is 0 Å². The monoisotopic (exact) mass is 190 g/mol. The lowest BCUT2D eigenvalue weighted by Gasteiger charge is -2.63. The molecular formula is C14H22. The molecule has 0 heteroatoms. The Balaban J connectivity index is 1.99. The molecule has 0 aromatic rings. The molecule has 0 heterocycles. The van der Waals surface area contributed by atoms with Crippen LogP contribution in [0.25, 0.3) is 0 Å². The van der Waals surface area contributed by atoms with Crippen molar-refractivity contribution in [3.63, 3.8) is 0 Å². The molecule has 4 rings (SSSR count). The highest BCUT2D eigenvalue weighted by atomic mass is 14.6. The van der Waals surface area contributed by atoms with E-state index >= 15 is 0 Å². The molecule has 4 bridgehead atoms. The molecule has 4 saturated carbocycles. The minimum absolute atomic E-state index is 0.562. The second-order valence-electron chi connectivity index (χ2n) is 6.73. The van der Waals surface area contributed by atoms with Crippen molar-refractivity contribution in [1.82, 2.24) is 0 Å². The quantitative estimate of drug-likeness (QED) is 0.548. The van der Waals surface area contributed by atoms with Crippen molar-refractivity contribution in [3.05, 3.63) is 12.7 Å². The summed E-state index contributed by atoms with van der Waals surface area (Å²) in [5, 5.41) is 0. The summed E-state index contributed by atoms with van der Waals surface area (Å²) >= 11 is 0. The van der Waals surface area contributed by atoms with Gasteiger partial charge in [-0.2, -0.15) is 0 Å². The molecule has 0 aliphatic heterocycles. The third-order valence-corrected chi connectivity index (χ3v) is 5.77. The Bertz CT molecular complexity index is 256. The van der Waals surface area contributed by atoms with Gasteiger partial charge in [0.2, 0.25) is 0 Å². The van der Waals surface area contributed by atoms with Crippen molar-refractivity contribution < 1.29 is 0 Å². The first-order chi connectivity index (χ1) is 6.56. The van der Waals surface area contributed by atoms with Crippen LogP contribution >= 0.6 is 0 Å². The Hall–Kier alpha value is -0.260. The maximum Gasteiger partial charge on any atom is -0.0113 e. The van der Waals surface area contributed by atoms with E-state index < -0.39 is 0 Å². The molecule has 0 saturated heterocycles. The normalized spacial score (nSPS) is 53.4. The van der Waals surface area contributed by atoms with Crippen molar-refractivity contribution in [2.24, 2.45) is 28.6 Å². The van der Waals surface area contributed by atoms with Crippen LogP contribution in [0.15, 0.2) is 12.7 Å². The second-order valence-corrected chi connectivity index (χ2v) is 6.73. The fraction of sp³-hybridized carbons (Fsp3) is 0.857. The van der Waals surface area contributed by atoms with E-state index in [0.717, 1.165) is 17.8 Å². The van der Waals surface area contributed by atoms with Crippen molar-refractivity contribution in [3.8, 4) is 0 Å². The van der Waals surface area contributed by atoms with Crippen LogP contribution < -0.4 is 0 Å². The van der Waals surface area contributed by atoms with Gasteiger partial charge < -0.3 is 0 Å². The highest BCUT2D eigenvalue weighted by Crippen LogP contribution is 2.66. The van der Waals surface area contributed by atoms with E-state index in [4.69, 9.17) is 0 Å². The van der Waals surface area contributed by atoms with Gasteiger partial charge in [-0.15, -0.1) is 6.58 Å². The number of hydrogen-bond donors (Lipinski definition) is 0. The molecule has 4 fully saturated rings. The summed E-state index contributed by atoms with van der Waals surface area (Å²) in [7, 11) is 0. The Labute approximate surface area is 87.8 Å². The minimum atomic E-state index is 0.562. The third kappa shape index (κ3) is 0.951. The zero-order valence-corrected chi connectivity index (χ0v) is 9.55. The molecule has 2 unspecified atom stereocenters. The first-order valence-electron chi connectivity index (χ1n) is 6.19. The molecule has 0 nitrogen and oxygen atoms in total. The molecule has 78 valence electrons. The van der Waals surface area contributed by atoms with Crippen LogP contribution in [0.3, 0.4) is 0 Å². The number of hydrogen-bond acceptors (Lipinski definition) is 0. The maximum atomic E-state index is 4.10. The molecule has 0 aromatic heterocycles. The molecule has 4 aliphatic carbocycles. The van der Waals surface area contributed by atoms with Crippen LogP contribution in [-0.4, -0.2) is 0 Å². The molecule has 0 aromatic carbocycles. The summed E-state index contributed by atoms with van der Waals surface area (Å²) < 4.78 is 0. The number of allylic oxidation sites excluding steroid dienone is 1. The van der Waals surface area contributed by atoms with Crippen molar-refractivity contribution >= 4 is 0 Å². The lowest BCUT2D eigenvalue weighted by molar-refractivity contribution is -0.117. The first-order valence-corrected chi connectivity index (χ1v) is 6.19. The Morgan fingerprint density at radius 2 is 1.64 bits per heavy atom. The van der Waals surface area contributed by atoms with Gasteiger partial charge >= 0.3 is 0 Å². The summed E-state index contributed by atoms with van der Waals surface area (Å²) in [4.78, 5) is 0. The smallest absolute Gasteiger partial charge is 0.0113 e. The zero-order chi connectivity index (χ0) is 9.97. The van der Waals surface area contributed by atoms with E-state index in [1.165, 1.54) is 32.1 Å². The predicted octanol–water partition coefficient (Wildman–Crippen LogP) is 4.02. The Morgan fingerprint density at radius 3 is 2.14 bits per heavy atom. The van der Waals surface area contributed by atoms with E-state index in [-0.39, 0.29) is 0 Å². The van der Waals surface area contributed by atoms with Crippen molar-refractivity contribution in [1.29, 1.82) is 0 Å². The Morgan fingerprint density at radius 1 is 1.07 bits per heavy atom. The Kier molecular flexibility index (Phi) is 1.58. The van der Waals surface area contributed by atoms with Crippen LogP contribution in [-0.2, 0) is 0 Å². The van der Waals surface area contributed by atoms with Crippen molar-refractivity contribution in [2.75, 3.05) is 0 Å².